The fourth-order valence-electron chi connectivity index (χ4n) is 2.75. The Hall–Kier alpha value is -1.97. The number of allylic oxidation sites excluding steroid dienone is 2. The predicted molar refractivity (Wildman–Crippen MR) is 87.1 cm³/mol. The van der Waals surface area contributed by atoms with Crippen LogP contribution in [0.4, 0.5) is 0 Å². The molecule has 4 heteroatoms. The molecule has 1 heterocycles. The minimum absolute atomic E-state index is 0.217. The molecule has 0 aromatic heterocycles. The Morgan fingerprint density at radius 1 is 1.32 bits per heavy atom. The van der Waals surface area contributed by atoms with Crippen LogP contribution < -0.4 is 9.47 Å². The number of hydrogen-bond acceptors (Lipinski definition) is 3. The molecular formula is C18H25NO3. The predicted octanol–water partition coefficient (Wildman–Crippen LogP) is 3.41. The van der Waals surface area contributed by atoms with Gasteiger partial charge in [-0.2, -0.15) is 0 Å². The summed E-state index contributed by atoms with van der Waals surface area (Å²) >= 11 is 0. The van der Waals surface area contributed by atoms with Gasteiger partial charge in [-0.25, -0.2) is 0 Å². The van der Waals surface area contributed by atoms with Crippen LogP contribution in [0, 0.1) is 5.92 Å². The van der Waals surface area contributed by atoms with Crippen molar-refractivity contribution >= 4 is 5.91 Å². The lowest BCUT2D eigenvalue weighted by Gasteiger charge is -2.31. The van der Waals surface area contributed by atoms with E-state index >= 15 is 0 Å². The van der Waals surface area contributed by atoms with Crippen molar-refractivity contribution in [2.24, 2.45) is 5.92 Å². The Morgan fingerprint density at radius 3 is 2.77 bits per heavy atom. The van der Waals surface area contributed by atoms with E-state index in [4.69, 9.17) is 9.47 Å². The number of piperidine rings is 1. The average molecular weight is 303 g/mol. The molecule has 1 aliphatic rings. The standard InChI is InChI=1S/C18H25NO3/c1-4-5-6-14-9-10-19(18(20)11-14)13-15-7-8-16(21-2)12-17(15)22-3/h5-8,12,14H,4,9-11,13H2,1-3H3/b6-5-. The van der Waals surface area contributed by atoms with E-state index in [1.165, 1.54) is 0 Å². The highest BCUT2D eigenvalue weighted by molar-refractivity contribution is 5.77. The number of ether oxygens (including phenoxy) is 2. The van der Waals surface area contributed by atoms with Gasteiger partial charge in [-0.15, -0.1) is 0 Å². The molecule has 1 aromatic rings. The third kappa shape index (κ3) is 4.03. The summed E-state index contributed by atoms with van der Waals surface area (Å²) in [5, 5.41) is 0. The molecule has 1 unspecified atom stereocenters. The highest BCUT2D eigenvalue weighted by atomic mass is 16.5. The fraction of sp³-hybridized carbons (Fsp3) is 0.500. The number of nitrogens with zero attached hydrogens (tertiary/aromatic N) is 1. The number of benzene rings is 1. The van der Waals surface area contributed by atoms with E-state index in [0.29, 0.717) is 18.9 Å². The molecule has 2 rings (SSSR count). The van der Waals surface area contributed by atoms with Crippen molar-refractivity contribution in [3.05, 3.63) is 35.9 Å². The highest BCUT2D eigenvalue weighted by Gasteiger charge is 2.25. The minimum atomic E-state index is 0.217. The summed E-state index contributed by atoms with van der Waals surface area (Å²) < 4.78 is 10.6. The van der Waals surface area contributed by atoms with Gasteiger partial charge in [0.05, 0.1) is 14.2 Å². The van der Waals surface area contributed by atoms with Crippen LogP contribution >= 0.6 is 0 Å². The van der Waals surface area contributed by atoms with Gasteiger partial charge < -0.3 is 14.4 Å². The Balaban J connectivity index is 2.03. The van der Waals surface area contributed by atoms with Gasteiger partial charge in [0.2, 0.25) is 5.91 Å². The lowest BCUT2D eigenvalue weighted by atomic mass is 9.95. The summed E-state index contributed by atoms with van der Waals surface area (Å²) in [6.45, 7) is 3.51. The first-order valence-electron chi connectivity index (χ1n) is 7.83. The smallest absolute Gasteiger partial charge is 0.223 e. The molecule has 1 aliphatic heterocycles. The van der Waals surface area contributed by atoms with Crippen LogP contribution in [-0.2, 0) is 11.3 Å². The molecule has 0 spiro atoms. The summed E-state index contributed by atoms with van der Waals surface area (Å²) in [6, 6.07) is 5.73. The molecule has 4 nitrogen and oxygen atoms in total. The molecule has 0 N–H and O–H groups in total. The minimum Gasteiger partial charge on any atom is -0.497 e. The van der Waals surface area contributed by atoms with Crippen LogP contribution in [0.3, 0.4) is 0 Å². The van der Waals surface area contributed by atoms with Crippen LogP contribution in [0.5, 0.6) is 11.5 Å². The number of carbonyl (C=O) groups excluding carboxylic acids is 1. The van der Waals surface area contributed by atoms with Gasteiger partial charge >= 0.3 is 0 Å². The molecule has 1 amide bonds. The van der Waals surface area contributed by atoms with Crippen molar-refractivity contribution in [2.45, 2.75) is 32.7 Å². The maximum atomic E-state index is 12.3. The summed E-state index contributed by atoms with van der Waals surface area (Å²) in [4.78, 5) is 14.2. The van der Waals surface area contributed by atoms with E-state index in [9.17, 15) is 4.79 Å². The van der Waals surface area contributed by atoms with Gasteiger partial charge in [-0.3, -0.25) is 4.79 Å². The second-order valence-corrected chi connectivity index (χ2v) is 5.58. The molecule has 0 aliphatic carbocycles. The van der Waals surface area contributed by atoms with Crippen molar-refractivity contribution in [3.8, 4) is 11.5 Å². The van der Waals surface area contributed by atoms with Crippen LogP contribution in [0.2, 0.25) is 0 Å². The Kier molecular flexibility index (Phi) is 5.87. The quantitative estimate of drug-likeness (QED) is 0.756. The monoisotopic (exact) mass is 303 g/mol. The number of hydrogen-bond donors (Lipinski definition) is 0. The summed E-state index contributed by atoms with van der Waals surface area (Å²) in [5.41, 5.74) is 1.01. The SMILES string of the molecule is CC/C=C\C1CCN(Cc2ccc(OC)cc2OC)C(=O)C1. The third-order valence-corrected chi connectivity index (χ3v) is 4.06. The summed E-state index contributed by atoms with van der Waals surface area (Å²) in [6.07, 6.45) is 7.00. The Bertz CT molecular complexity index is 539. The van der Waals surface area contributed by atoms with Gasteiger partial charge in [0.15, 0.2) is 0 Å². The van der Waals surface area contributed by atoms with E-state index < -0.39 is 0 Å². The molecule has 1 saturated heterocycles. The van der Waals surface area contributed by atoms with E-state index in [0.717, 1.165) is 36.4 Å². The third-order valence-electron chi connectivity index (χ3n) is 4.06. The zero-order valence-electron chi connectivity index (χ0n) is 13.7. The summed E-state index contributed by atoms with van der Waals surface area (Å²) in [5.74, 6) is 2.13. The van der Waals surface area contributed by atoms with Gasteiger partial charge in [-0.05, 0) is 30.9 Å². The molecule has 120 valence electrons. The molecule has 1 aromatic carbocycles. The van der Waals surface area contributed by atoms with Gasteiger partial charge in [-0.1, -0.05) is 19.1 Å². The van der Waals surface area contributed by atoms with Gasteiger partial charge in [0.1, 0.15) is 11.5 Å². The van der Waals surface area contributed by atoms with E-state index in [1.807, 2.05) is 23.1 Å². The van der Waals surface area contributed by atoms with Crippen molar-refractivity contribution in [1.82, 2.24) is 4.90 Å². The van der Waals surface area contributed by atoms with Crippen LogP contribution in [0.25, 0.3) is 0 Å². The van der Waals surface area contributed by atoms with Crippen molar-refractivity contribution < 1.29 is 14.3 Å². The van der Waals surface area contributed by atoms with Crippen molar-refractivity contribution in [1.29, 1.82) is 0 Å². The van der Waals surface area contributed by atoms with Gasteiger partial charge in [0.25, 0.3) is 0 Å². The number of carbonyl (C=O) groups is 1. The topological polar surface area (TPSA) is 38.8 Å². The highest BCUT2D eigenvalue weighted by Crippen LogP contribution is 2.28. The maximum Gasteiger partial charge on any atom is 0.223 e. The van der Waals surface area contributed by atoms with Crippen LogP contribution in [0.15, 0.2) is 30.4 Å². The molecule has 0 radical (unpaired) electrons. The van der Waals surface area contributed by atoms with E-state index in [2.05, 4.69) is 19.1 Å². The van der Waals surface area contributed by atoms with Gasteiger partial charge in [0, 0.05) is 31.1 Å². The second kappa shape index (κ2) is 7.87. The second-order valence-electron chi connectivity index (χ2n) is 5.58. The molecular weight excluding hydrogens is 278 g/mol. The molecule has 22 heavy (non-hydrogen) atoms. The lowest BCUT2D eigenvalue weighted by Crippen LogP contribution is -2.37. The molecule has 1 fully saturated rings. The lowest BCUT2D eigenvalue weighted by molar-refractivity contribution is -0.135. The largest absolute Gasteiger partial charge is 0.497 e. The zero-order valence-corrected chi connectivity index (χ0v) is 13.7. The fourth-order valence-corrected chi connectivity index (χ4v) is 2.75. The van der Waals surface area contributed by atoms with Crippen LogP contribution in [-0.4, -0.2) is 31.6 Å². The van der Waals surface area contributed by atoms with Crippen molar-refractivity contribution in [2.75, 3.05) is 20.8 Å². The normalized spacial score (nSPS) is 18.8. The first kappa shape index (κ1) is 16.4. The first-order chi connectivity index (χ1) is 10.7. The first-order valence-corrected chi connectivity index (χ1v) is 7.83. The molecule has 1 atom stereocenters. The number of methoxy groups -OCH3 is 2. The van der Waals surface area contributed by atoms with Crippen molar-refractivity contribution in [3.63, 3.8) is 0 Å². The summed E-state index contributed by atoms with van der Waals surface area (Å²) in [7, 11) is 3.27. The number of amides is 1. The molecule has 0 bridgehead atoms. The molecule has 0 saturated carbocycles. The van der Waals surface area contributed by atoms with E-state index in [-0.39, 0.29) is 5.91 Å². The Morgan fingerprint density at radius 2 is 2.14 bits per heavy atom. The zero-order chi connectivity index (χ0) is 15.9. The number of rotatable bonds is 6. The maximum absolute atomic E-state index is 12.3. The average Bonchev–Trinajstić information content (AvgIpc) is 2.55. The van der Waals surface area contributed by atoms with E-state index in [1.54, 1.807) is 14.2 Å². The Labute approximate surface area is 132 Å². The number of likely N-dealkylation sites (tertiary alicyclic amines) is 1. The van der Waals surface area contributed by atoms with Crippen LogP contribution in [0.1, 0.15) is 31.7 Å².